The fourth-order valence-electron chi connectivity index (χ4n) is 2.03. The zero-order chi connectivity index (χ0) is 13.2. The lowest BCUT2D eigenvalue weighted by Crippen LogP contribution is -2.12. The highest BCUT2D eigenvalue weighted by molar-refractivity contribution is 6.05. The first-order valence-electron chi connectivity index (χ1n) is 6.18. The molecule has 1 heterocycles. The van der Waals surface area contributed by atoms with Crippen molar-refractivity contribution in [1.29, 1.82) is 0 Å². The minimum atomic E-state index is -0.125. The number of carbonyl (C=O) groups excluding carboxylic acids is 1. The number of aromatic amines is 1. The maximum atomic E-state index is 12.1. The molecule has 2 aromatic carbocycles. The number of hydrogen-bond acceptors (Lipinski definition) is 1. The average molecular weight is 250 g/mol. The van der Waals surface area contributed by atoms with Gasteiger partial charge in [-0.05, 0) is 31.2 Å². The van der Waals surface area contributed by atoms with Crippen molar-refractivity contribution in [2.75, 3.05) is 5.32 Å². The molecule has 1 amide bonds. The number of H-pyrrole nitrogens is 1. The highest BCUT2D eigenvalue weighted by Gasteiger charge is 2.09. The largest absolute Gasteiger partial charge is 0.351 e. The van der Waals surface area contributed by atoms with Gasteiger partial charge in [0.15, 0.2) is 0 Å². The second kappa shape index (κ2) is 4.61. The first kappa shape index (κ1) is 11.5. The standard InChI is InChI=1S/C16H14N2O/c1-11-6-8-13(9-7-11)17-16(19)15-10-12-4-2-3-5-14(12)18-15/h2-10,18H,1H3,(H,17,19). The number of amides is 1. The number of benzene rings is 2. The predicted molar refractivity (Wildman–Crippen MR) is 77.4 cm³/mol. The summed E-state index contributed by atoms with van der Waals surface area (Å²) in [5.41, 5.74) is 3.51. The normalized spacial score (nSPS) is 10.6. The summed E-state index contributed by atoms with van der Waals surface area (Å²) in [5, 5.41) is 3.91. The van der Waals surface area contributed by atoms with Gasteiger partial charge >= 0.3 is 0 Å². The fraction of sp³-hybridized carbons (Fsp3) is 0.0625. The second-order valence-corrected chi connectivity index (χ2v) is 4.59. The summed E-state index contributed by atoms with van der Waals surface area (Å²) >= 11 is 0. The Morgan fingerprint density at radius 1 is 1.05 bits per heavy atom. The number of hydrogen-bond donors (Lipinski definition) is 2. The van der Waals surface area contributed by atoms with Crippen LogP contribution in [0.25, 0.3) is 10.9 Å². The van der Waals surface area contributed by atoms with Crippen LogP contribution in [0.4, 0.5) is 5.69 Å². The van der Waals surface area contributed by atoms with Gasteiger partial charge in [-0.15, -0.1) is 0 Å². The Hall–Kier alpha value is -2.55. The zero-order valence-electron chi connectivity index (χ0n) is 10.6. The van der Waals surface area contributed by atoms with E-state index in [9.17, 15) is 4.79 Å². The molecule has 3 aromatic rings. The van der Waals surface area contributed by atoms with Crippen LogP contribution in [-0.4, -0.2) is 10.9 Å². The van der Waals surface area contributed by atoms with Crippen LogP contribution in [0.2, 0.25) is 0 Å². The zero-order valence-corrected chi connectivity index (χ0v) is 10.6. The third-order valence-electron chi connectivity index (χ3n) is 3.08. The molecule has 2 N–H and O–H groups in total. The first-order valence-corrected chi connectivity index (χ1v) is 6.18. The molecule has 94 valence electrons. The number of nitrogens with one attached hydrogen (secondary N) is 2. The molecule has 3 nitrogen and oxygen atoms in total. The van der Waals surface area contributed by atoms with Crippen molar-refractivity contribution in [2.24, 2.45) is 0 Å². The average Bonchev–Trinajstić information content (AvgIpc) is 2.85. The molecule has 0 aliphatic heterocycles. The van der Waals surface area contributed by atoms with Crippen molar-refractivity contribution in [3.05, 3.63) is 65.9 Å². The maximum Gasteiger partial charge on any atom is 0.272 e. The van der Waals surface area contributed by atoms with Crippen molar-refractivity contribution < 1.29 is 4.79 Å². The van der Waals surface area contributed by atoms with Gasteiger partial charge in [0.2, 0.25) is 0 Å². The monoisotopic (exact) mass is 250 g/mol. The van der Waals surface area contributed by atoms with E-state index in [1.807, 2.05) is 61.5 Å². The Kier molecular flexibility index (Phi) is 2.80. The third kappa shape index (κ3) is 2.36. The Balaban J connectivity index is 1.85. The Bertz CT molecular complexity index is 693. The van der Waals surface area contributed by atoms with Crippen molar-refractivity contribution >= 4 is 22.5 Å². The number of anilines is 1. The Labute approximate surface area is 111 Å². The van der Waals surface area contributed by atoms with Crippen molar-refractivity contribution in [3.8, 4) is 0 Å². The summed E-state index contributed by atoms with van der Waals surface area (Å²) in [6, 6.07) is 17.4. The lowest BCUT2D eigenvalue weighted by molar-refractivity contribution is 0.102. The Morgan fingerprint density at radius 3 is 2.53 bits per heavy atom. The SMILES string of the molecule is Cc1ccc(NC(=O)c2cc3ccccc3[nH]2)cc1. The number of rotatable bonds is 2. The van der Waals surface area contributed by atoms with Gasteiger partial charge in [0.1, 0.15) is 5.69 Å². The van der Waals surface area contributed by atoms with Crippen LogP contribution in [0.15, 0.2) is 54.6 Å². The van der Waals surface area contributed by atoms with Crippen LogP contribution in [0, 0.1) is 6.92 Å². The molecule has 0 fully saturated rings. The van der Waals surface area contributed by atoms with E-state index in [0.29, 0.717) is 5.69 Å². The molecule has 1 aromatic heterocycles. The van der Waals surface area contributed by atoms with Gasteiger partial charge < -0.3 is 10.3 Å². The van der Waals surface area contributed by atoms with E-state index in [1.54, 1.807) is 0 Å². The van der Waals surface area contributed by atoms with E-state index in [1.165, 1.54) is 5.56 Å². The highest BCUT2D eigenvalue weighted by Crippen LogP contribution is 2.16. The lowest BCUT2D eigenvalue weighted by atomic mass is 10.2. The molecular weight excluding hydrogens is 236 g/mol. The summed E-state index contributed by atoms with van der Waals surface area (Å²) in [6.07, 6.45) is 0. The number of para-hydroxylation sites is 1. The number of aryl methyl sites for hydroxylation is 1. The number of aromatic nitrogens is 1. The van der Waals surface area contributed by atoms with E-state index < -0.39 is 0 Å². The first-order chi connectivity index (χ1) is 9.22. The molecule has 0 bridgehead atoms. The minimum absolute atomic E-state index is 0.125. The van der Waals surface area contributed by atoms with E-state index in [-0.39, 0.29) is 5.91 Å². The van der Waals surface area contributed by atoms with Crippen LogP contribution in [0.3, 0.4) is 0 Å². The van der Waals surface area contributed by atoms with Gasteiger partial charge in [-0.3, -0.25) is 4.79 Å². The summed E-state index contributed by atoms with van der Waals surface area (Å²) in [7, 11) is 0. The molecule has 19 heavy (non-hydrogen) atoms. The molecule has 0 saturated carbocycles. The van der Waals surface area contributed by atoms with Gasteiger partial charge in [-0.1, -0.05) is 35.9 Å². The predicted octanol–water partition coefficient (Wildman–Crippen LogP) is 3.73. The maximum absolute atomic E-state index is 12.1. The highest BCUT2D eigenvalue weighted by atomic mass is 16.1. The molecule has 3 heteroatoms. The molecule has 0 radical (unpaired) electrons. The molecular formula is C16H14N2O. The van der Waals surface area contributed by atoms with E-state index in [4.69, 9.17) is 0 Å². The van der Waals surface area contributed by atoms with Crippen LogP contribution < -0.4 is 5.32 Å². The van der Waals surface area contributed by atoms with E-state index in [0.717, 1.165) is 16.6 Å². The van der Waals surface area contributed by atoms with Gasteiger partial charge in [0.25, 0.3) is 5.91 Å². The fourth-order valence-corrected chi connectivity index (χ4v) is 2.03. The molecule has 3 rings (SSSR count). The quantitative estimate of drug-likeness (QED) is 0.715. The van der Waals surface area contributed by atoms with Crippen molar-refractivity contribution in [3.63, 3.8) is 0 Å². The summed E-state index contributed by atoms with van der Waals surface area (Å²) in [5.74, 6) is -0.125. The molecule has 0 spiro atoms. The van der Waals surface area contributed by atoms with Crippen molar-refractivity contribution in [2.45, 2.75) is 6.92 Å². The van der Waals surface area contributed by atoms with Crippen LogP contribution in [0.1, 0.15) is 16.1 Å². The smallest absolute Gasteiger partial charge is 0.272 e. The number of fused-ring (bicyclic) bond motifs is 1. The van der Waals surface area contributed by atoms with Gasteiger partial charge in [-0.25, -0.2) is 0 Å². The summed E-state index contributed by atoms with van der Waals surface area (Å²) in [6.45, 7) is 2.02. The van der Waals surface area contributed by atoms with E-state index >= 15 is 0 Å². The topological polar surface area (TPSA) is 44.9 Å². The Morgan fingerprint density at radius 2 is 1.79 bits per heavy atom. The van der Waals surface area contributed by atoms with E-state index in [2.05, 4.69) is 10.3 Å². The lowest BCUT2D eigenvalue weighted by Gasteiger charge is -2.03. The van der Waals surface area contributed by atoms with Crippen LogP contribution >= 0.6 is 0 Å². The second-order valence-electron chi connectivity index (χ2n) is 4.59. The molecule has 0 aliphatic carbocycles. The minimum Gasteiger partial charge on any atom is -0.351 e. The van der Waals surface area contributed by atoms with Crippen molar-refractivity contribution in [1.82, 2.24) is 4.98 Å². The summed E-state index contributed by atoms with van der Waals surface area (Å²) < 4.78 is 0. The van der Waals surface area contributed by atoms with Gasteiger partial charge in [0.05, 0.1) is 0 Å². The molecule has 0 atom stereocenters. The number of carbonyl (C=O) groups is 1. The van der Waals surface area contributed by atoms with Gasteiger partial charge in [0, 0.05) is 16.6 Å². The van der Waals surface area contributed by atoms with Crippen LogP contribution in [-0.2, 0) is 0 Å². The molecule has 0 aliphatic rings. The summed E-state index contributed by atoms with van der Waals surface area (Å²) in [4.78, 5) is 15.2. The third-order valence-corrected chi connectivity index (χ3v) is 3.08. The molecule has 0 unspecified atom stereocenters. The van der Waals surface area contributed by atoms with Crippen LogP contribution in [0.5, 0.6) is 0 Å². The van der Waals surface area contributed by atoms with Gasteiger partial charge in [-0.2, -0.15) is 0 Å². The molecule has 0 saturated heterocycles.